The number of nitrogens with zero attached hydrogens (tertiary/aromatic N) is 3. The van der Waals surface area contributed by atoms with Crippen molar-refractivity contribution in [2.24, 2.45) is 4.99 Å². The number of ether oxygens (including phenoxy) is 1. The molecule has 5 nitrogen and oxygen atoms in total. The molecule has 0 spiro atoms. The Balaban J connectivity index is 1.43. The Labute approximate surface area is 186 Å². The molecule has 6 heteroatoms. The largest absolute Gasteiger partial charge is 0.454 e. The summed E-state index contributed by atoms with van der Waals surface area (Å²) in [7, 11) is 0. The highest BCUT2D eigenvalue weighted by molar-refractivity contribution is 7.10. The van der Waals surface area contributed by atoms with Gasteiger partial charge >= 0.3 is 0 Å². The quantitative estimate of drug-likeness (QED) is 0.573. The molecule has 1 saturated heterocycles. The Morgan fingerprint density at radius 1 is 1.13 bits per heavy atom. The number of thiophene rings is 1. The number of rotatable bonds is 2. The van der Waals surface area contributed by atoms with Gasteiger partial charge in [0.1, 0.15) is 17.3 Å². The van der Waals surface area contributed by atoms with Crippen molar-refractivity contribution >= 4 is 28.8 Å². The number of piperazine rings is 1. The van der Waals surface area contributed by atoms with Crippen molar-refractivity contribution in [1.29, 1.82) is 0 Å². The van der Waals surface area contributed by atoms with Gasteiger partial charge in [-0.1, -0.05) is 29.8 Å². The van der Waals surface area contributed by atoms with Crippen LogP contribution in [0.1, 0.15) is 22.9 Å². The van der Waals surface area contributed by atoms with Crippen LogP contribution in [0.3, 0.4) is 0 Å². The monoisotopic (exact) mass is 431 g/mol. The fourth-order valence-electron chi connectivity index (χ4n) is 4.26. The molecule has 31 heavy (non-hydrogen) atoms. The first-order valence-corrected chi connectivity index (χ1v) is 11.5. The van der Waals surface area contributed by atoms with E-state index in [1.54, 1.807) is 11.3 Å². The van der Waals surface area contributed by atoms with Crippen LogP contribution in [0.15, 0.2) is 65.0 Å². The molecule has 0 radical (unpaired) electrons. The van der Waals surface area contributed by atoms with E-state index in [9.17, 15) is 4.79 Å². The van der Waals surface area contributed by atoms with Crippen molar-refractivity contribution in [1.82, 2.24) is 9.80 Å². The van der Waals surface area contributed by atoms with Crippen molar-refractivity contribution in [3.8, 4) is 11.5 Å². The van der Waals surface area contributed by atoms with Crippen LogP contribution in [-0.4, -0.2) is 47.2 Å². The molecule has 1 amide bonds. The summed E-state index contributed by atoms with van der Waals surface area (Å²) >= 11 is 1.64. The predicted octanol–water partition coefficient (Wildman–Crippen LogP) is 5.02. The predicted molar refractivity (Wildman–Crippen MR) is 125 cm³/mol. The van der Waals surface area contributed by atoms with Crippen LogP contribution < -0.4 is 4.74 Å². The van der Waals surface area contributed by atoms with Gasteiger partial charge < -0.3 is 14.5 Å². The van der Waals surface area contributed by atoms with E-state index in [1.807, 2.05) is 52.7 Å². The summed E-state index contributed by atoms with van der Waals surface area (Å²) < 4.78 is 6.22. The normalized spacial score (nSPS) is 17.9. The fraction of sp³-hybridized carbons (Fsp3) is 0.280. The van der Waals surface area contributed by atoms with Crippen LogP contribution in [0.2, 0.25) is 0 Å². The molecule has 0 aliphatic carbocycles. The van der Waals surface area contributed by atoms with Gasteiger partial charge in [0.15, 0.2) is 5.75 Å². The second-order valence-electron chi connectivity index (χ2n) is 8.14. The van der Waals surface area contributed by atoms with Crippen LogP contribution in [0.4, 0.5) is 5.69 Å². The molecule has 1 fully saturated rings. The first kappa shape index (κ1) is 19.8. The summed E-state index contributed by atoms with van der Waals surface area (Å²) in [5.41, 5.74) is 3.00. The van der Waals surface area contributed by atoms with E-state index in [2.05, 4.69) is 30.9 Å². The van der Waals surface area contributed by atoms with Crippen molar-refractivity contribution in [3.63, 3.8) is 0 Å². The number of amidine groups is 1. The van der Waals surface area contributed by atoms with E-state index in [4.69, 9.17) is 9.73 Å². The van der Waals surface area contributed by atoms with Gasteiger partial charge in [-0.05, 0) is 49.6 Å². The van der Waals surface area contributed by atoms with Crippen molar-refractivity contribution in [3.05, 3.63) is 76.0 Å². The molecular weight excluding hydrogens is 406 g/mol. The zero-order valence-corrected chi connectivity index (χ0v) is 18.6. The standard InChI is InChI=1S/C25H25N3O2S/c1-17-9-10-22-20(14-17)25(26-21-7-3-4-8-23(21)30-22)27-11-12-28(18(2)16-27)24(29)15-19-6-5-13-31-19/h3-10,13-14,18H,11-12,15-16H2,1-2H3/t18-/m0/s1. The minimum Gasteiger partial charge on any atom is -0.454 e. The first-order valence-electron chi connectivity index (χ1n) is 10.6. The van der Waals surface area contributed by atoms with Crippen molar-refractivity contribution < 1.29 is 9.53 Å². The van der Waals surface area contributed by atoms with Gasteiger partial charge in [-0.25, -0.2) is 4.99 Å². The highest BCUT2D eigenvalue weighted by Gasteiger charge is 2.31. The maximum atomic E-state index is 12.9. The van der Waals surface area contributed by atoms with E-state index in [1.165, 1.54) is 5.56 Å². The number of benzene rings is 2. The zero-order valence-electron chi connectivity index (χ0n) is 17.7. The summed E-state index contributed by atoms with van der Waals surface area (Å²) in [6.45, 7) is 6.38. The highest BCUT2D eigenvalue weighted by Crippen LogP contribution is 2.38. The van der Waals surface area contributed by atoms with Crippen LogP contribution in [0, 0.1) is 6.92 Å². The van der Waals surface area contributed by atoms with Crippen LogP contribution in [-0.2, 0) is 11.2 Å². The van der Waals surface area contributed by atoms with Gasteiger partial charge in [-0.2, -0.15) is 0 Å². The number of hydrogen-bond acceptors (Lipinski definition) is 5. The molecule has 0 unspecified atom stereocenters. The van der Waals surface area contributed by atoms with Crippen molar-refractivity contribution in [2.75, 3.05) is 19.6 Å². The Morgan fingerprint density at radius 3 is 2.81 bits per heavy atom. The van der Waals surface area contributed by atoms with Crippen molar-refractivity contribution in [2.45, 2.75) is 26.3 Å². The van der Waals surface area contributed by atoms with E-state index in [0.717, 1.165) is 46.6 Å². The van der Waals surface area contributed by atoms with Gasteiger partial charge in [0.25, 0.3) is 0 Å². The molecule has 2 aromatic carbocycles. The maximum Gasteiger partial charge on any atom is 0.228 e. The second-order valence-corrected chi connectivity index (χ2v) is 9.18. The number of aliphatic imine (C=N–C) groups is 1. The lowest BCUT2D eigenvalue weighted by molar-refractivity contribution is -0.134. The van der Waals surface area contributed by atoms with E-state index in [-0.39, 0.29) is 11.9 Å². The molecule has 5 rings (SSSR count). The Kier molecular flexibility index (Phi) is 5.24. The Morgan fingerprint density at radius 2 is 2.00 bits per heavy atom. The molecule has 0 bridgehead atoms. The molecule has 3 heterocycles. The minimum atomic E-state index is 0.108. The van der Waals surface area contributed by atoms with E-state index >= 15 is 0 Å². The topological polar surface area (TPSA) is 45.1 Å². The van der Waals surface area contributed by atoms with Gasteiger partial charge in [-0.3, -0.25) is 4.79 Å². The van der Waals surface area contributed by atoms with E-state index < -0.39 is 0 Å². The van der Waals surface area contributed by atoms with Gasteiger partial charge in [0, 0.05) is 30.6 Å². The van der Waals surface area contributed by atoms with E-state index in [0.29, 0.717) is 13.0 Å². The first-order chi connectivity index (χ1) is 15.1. The molecule has 3 aromatic rings. The maximum absolute atomic E-state index is 12.9. The summed E-state index contributed by atoms with van der Waals surface area (Å²) in [4.78, 5) is 23.3. The molecule has 2 aliphatic rings. The minimum absolute atomic E-state index is 0.108. The molecule has 1 atom stereocenters. The third-order valence-corrected chi connectivity index (χ3v) is 6.72. The molecule has 2 aliphatic heterocycles. The van der Waals surface area contributed by atoms with Gasteiger partial charge in [0.05, 0.1) is 12.0 Å². The molecular formula is C25H25N3O2S. The van der Waals surface area contributed by atoms with Gasteiger partial charge in [0.2, 0.25) is 5.91 Å². The number of aryl methyl sites for hydroxylation is 1. The lowest BCUT2D eigenvalue weighted by Crippen LogP contribution is -2.55. The number of fused-ring (bicyclic) bond motifs is 2. The Bertz CT molecular complexity index is 1140. The Hall–Kier alpha value is -3.12. The van der Waals surface area contributed by atoms with Crippen LogP contribution in [0.25, 0.3) is 0 Å². The number of hydrogen-bond donors (Lipinski definition) is 0. The fourth-order valence-corrected chi connectivity index (χ4v) is 4.96. The number of carbonyl (C=O) groups excluding carboxylic acids is 1. The second kappa shape index (κ2) is 8.19. The average molecular weight is 432 g/mol. The lowest BCUT2D eigenvalue weighted by Gasteiger charge is -2.41. The molecule has 0 saturated carbocycles. The zero-order chi connectivity index (χ0) is 21.4. The number of para-hydroxylation sites is 2. The molecule has 158 valence electrons. The lowest BCUT2D eigenvalue weighted by atomic mass is 10.1. The highest BCUT2D eigenvalue weighted by atomic mass is 32.1. The average Bonchev–Trinajstić information content (AvgIpc) is 3.21. The van der Waals surface area contributed by atoms with Crippen LogP contribution in [0.5, 0.6) is 11.5 Å². The smallest absolute Gasteiger partial charge is 0.228 e. The summed E-state index contributed by atoms with van der Waals surface area (Å²) in [5, 5.41) is 2.02. The summed E-state index contributed by atoms with van der Waals surface area (Å²) in [6, 6.07) is 18.2. The molecule has 0 N–H and O–H groups in total. The summed E-state index contributed by atoms with van der Waals surface area (Å²) in [5.74, 6) is 2.70. The number of carbonyl (C=O) groups is 1. The number of amides is 1. The van der Waals surface area contributed by atoms with Gasteiger partial charge in [-0.15, -0.1) is 11.3 Å². The third-order valence-electron chi connectivity index (χ3n) is 5.84. The SMILES string of the molecule is Cc1ccc2c(c1)C(N1CCN(C(=O)Cc3cccs3)[C@@H](C)C1)=Nc1ccccc1O2. The third kappa shape index (κ3) is 3.95. The molecule has 1 aromatic heterocycles. The summed E-state index contributed by atoms with van der Waals surface area (Å²) in [6.07, 6.45) is 0.478. The van der Waals surface area contributed by atoms with Crippen LogP contribution >= 0.6 is 11.3 Å².